The maximum absolute atomic E-state index is 11.8. The van der Waals surface area contributed by atoms with Crippen molar-refractivity contribution >= 4 is 11.8 Å². The van der Waals surface area contributed by atoms with Crippen LogP contribution in [0.2, 0.25) is 0 Å². The van der Waals surface area contributed by atoms with Crippen LogP contribution in [0.25, 0.3) is 0 Å². The number of carbonyl (C=O) groups is 2. The molecule has 0 fully saturated rings. The monoisotopic (exact) mass is 336 g/mol. The summed E-state index contributed by atoms with van der Waals surface area (Å²) in [5.41, 5.74) is -0.140. The van der Waals surface area contributed by atoms with Gasteiger partial charge in [-0.2, -0.15) is 0 Å². The van der Waals surface area contributed by atoms with E-state index in [2.05, 4.69) is 23.8 Å². The number of rotatable bonds is 14. The van der Waals surface area contributed by atoms with E-state index in [4.69, 9.17) is 0 Å². The average molecular weight is 336 g/mol. The molecule has 1 heterocycles. The van der Waals surface area contributed by atoms with Crippen molar-refractivity contribution in [2.45, 2.75) is 84.0 Å². The van der Waals surface area contributed by atoms with Gasteiger partial charge in [0, 0.05) is 6.42 Å². The number of hydrogen-bond donors (Lipinski definition) is 1. The normalized spacial score (nSPS) is 14.6. The molecule has 4 nitrogen and oxygen atoms in total. The van der Waals surface area contributed by atoms with Crippen molar-refractivity contribution in [2.75, 3.05) is 6.61 Å². The van der Waals surface area contributed by atoms with Gasteiger partial charge in [0.15, 0.2) is 5.78 Å². The van der Waals surface area contributed by atoms with E-state index in [1.54, 1.807) is 0 Å². The van der Waals surface area contributed by atoms with Crippen LogP contribution >= 0.6 is 0 Å². The van der Waals surface area contributed by atoms with Crippen molar-refractivity contribution in [1.29, 1.82) is 0 Å². The highest BCUT2D eigenvalue weighted by Crippen LogP contribution is 2.18. The number of Topliss-reactive ketones (excluding diaryl/α,β-unsaturated/α-hetero) is 1. The number of esters is 1. The molecular formula is C20H32O4. The SMILES string of the molecule is CCCCCC/C=C\CCCCCCCC(=O)C1=C(O)COC1=O. The van der Waals surface area contributed by atoms with Crippen molar-refractivity contribution in [2.24, 2.45) is 0 Å². The van der Waals surface area contributed by atoms with E-state index >= 15 is 0 Å². The molecule has 0 atom stereocenters. The van der Waals surface area contributed by atoms with Gasteiger partial charge in [-0.1, -0.05) is 57.6 Å². The highest BCUT2D eigenvalue weighted by molar-refractivity contribution is 6.18. The fourth-order valence-corrected chi connectivity index (χ4v) is 2.80. The van der Waals surface area contributed by atoms with Gasteiger partial charge in [0.1, 0.15) is 17.9 Å². The standard InChI is InChI=1S/C20H32O4/c1-2-3-4-5-6-7-8-9-10-11-12-13-14-15-17(21)19-18(22)16-24-20(19)23/h7-8,22H,2-6,9-16H2,1H3/b8-7-. The van der Waals surface area contributed by atoms with Gasteiger partial charge in [0.25, 0.3) is 0 Å². The lowest BCUT2D eigenvalue weighted by Gasteiger charge is -2.01. The molecule has 0 aliphatic carbocycles. The molecule has 0 radical (unpaired) electrons. The van der Waals surface area contributed by atoms with E-state index in [9.17, 15) is 14.7 Å². The van der Waals surface area contributed by atoms with E-state index in [1.807, 2.05) is 0 Å². The predicted octanol–water partition coefficient (Wildman–Crippen LogP) is 5.18. The first-order valence-corrected chi connectivity index (χ1v) is 9.44. The van der Waals surface area contributed by atoms with Gasteiger partial charge in [0.05, 0.1) is 0 Å². The van der Waals surface area contributed by atoms with Crippen LogP contribution in [0.1, 0.15) is 84.0 Å². The number of unbranched alkanes of at least 4 members (excludes halogenated alkanes) is 9. The Balaban J connectivity index is 1.94. The molecule has 1 aliphatic heterocycles. The summed E-state index contributed by atoms with van der Waals surface area (Å²) < 4.78 is 4.63. The Morgan fingerprint density at radius 2 is 1.58 bits per heavy atom. The van der Waals surface area contributed by atoms with Crippen LogP contribution in [0.15, 0.2) is 23.5 Å². The van der Waals surface area contributed by atoms with Crippen LogP contribution in [0.5, 0.6) is 0 Å². The molecule has 0 saturated heterocycles. The van der Waals surface area contributed by atoms with E-state index < -0.39 is 5.97 Å². The number of allylic oxidation sites excluding steroid dienone is 2. The Morgan fingerprint density at radius 1 is 1.00 bits per heavy atom. The molecular weight excluding hydrogens is 304 g/mol. The van der Waals surface area contributed by atoms with Crippen LogP contribution in [0, 0.1) is 0 Å². The molecule has 1 aliphatic rings. The molecule has 0 amide bonds. The molecule has 0 bridgehead atoms. The zero-order chi connectivity index (χ0) is 17.6. The summed E-state index contributed by atoms with van der Waals surface area (Å²) in [7, 11) is 0. The van der Waals surface area contributed by atoms with Gasteiger partial charge in [-0.3, -0.25) is 4.79 Å². The molecule has 24 heavy (non-hydrogen) atoms. The first kappa shape index (κ1) is 20.5. The summed E-state index contributed by atoms with van der Waals surface area (Å²) in [5, 5.41) is 9.44. The summed E-state index contributed by atoms with van der Waals surface area (Å²) >= 11 is 0. The van der Waals surface area contributed by atoms with E-state index in [1.165, 1.54) is 44.9 Å². The second-order valence-electron chi connectivity index (χ2n) is 6.45. The zero-order valence-corrected chi connectivity index (χ0v) is 15.0. The minimum absolute atomic E-state index is 0.140. The third kappa shape index (κ3) is 8.32. The van der Waals surface area contributed by atoms with Gasteiger partial charge in [-0.15, -0.1) is 0 Å². The van der Waals surface area contributed by atoms with Gasteiger partial charge in [0.2, 0.25) is 0 Å². The Hall–Kier alpha value is -1.58. The quantitative estimate of drug-likeness (QED) is 0.205. The minimum Gasteiger partial charge on any atom is -0.508 e. The summed E-state index contributed by atoms with van der Waals surface area (Å²) in [6.07, 6.45) is 17.7. The van der Waals surface area contributed by atoms with E-state index in [-0.39, 0.29) is 23.7 Å². The Morgan fingerprint density at radius 3 is 2.17 bits per heavy atom. The Bertz CT molecular complexity index is 449. The molecule has 0 aromatic heterocycles. The lowest BCUT2D eigenvalue weighted by molar-refractivity contribution is -0.137. The van der Waals surface area contributed by atoms with Crippen molar-refractivity contribution in [3.05, 3.63) is 23.5 Å². The molecule has 136 valence electrons. The van der Waals surface area contributed by atoms with Crippen molar-refractivity contribution < 1.29 is 19.4 Å². The predicted molar refractivity (Wildman–Crippen MR) is 95.8 cm³/mol. The Labute approximate surface area is 146 Å². The van der Waals surface area contributed by atoms with Crippen LogP contribution in [-0.2, 0) is 14.3 Å². The summed E-state index contributed by atoms with van der Waals surface area (Å²) in [5.74, 6) is -1.19. The molecule has 0 saturated carbocycles. The van der Waals surface area contributed by atoms with Crippen LogP contribution in [0.3, 0.4) is 0 Å². The number of cyclic esters (lactones) is 1. The molecule has 0 aromatic carbocycles. The van der Waals surface area contributed by atoms with Crippen molar-refractivity contribution in [3.63, 3.8) is 0 Å². The maximum Gasteiger partial charge on any atom is 0.345 e. The number of hydrogen-bond acceptors (Lipinski definition) is 4. The second-order valence-corrected chi connectivity index (χ2v) is 6.45. The maximum atomic E-state index is 11.8. The largest absolute Gasteiger partial charge is 0.508 e. The van der Waals surface area contributed by atoms with Crippen molar-refractivity contribution in [3.8, 4) is 0 Å². The second kappa shape index (κ2) is 12.8. The third-order valence-corrected chi connectivity index (χ3v) is 4.28. The van der Waals surface area contributed by atoms with Gasteiger partial charge >= 0.3 is 5.97 Å². The summed E-state index contributed by atoms with van der Waals surface area (Å²) in [4.78, 5) is 23.1. The lowest BCUT2D eigenvalue weighted by atomic mass is 10.0. The molecule has 1 N–H and O–H groups in total. The van der Waals surface area contributed by atoms with Gasteiger partial charge in [-0.25, -0.2) is 4.79 Å². The number of ketones is 1. The van der Waals surface area contributed by atoms with Crippen LogP contribution in [0.4, 0.5) is 0 Å². The zero-order valence-electron chi connectivity index (χ0n) is 15.0. The third-order valence-electron chi connectivity index (χ3n) is 4.28. The average Bonchev–Trinajstić information content (AvgIpc) is 2.90. The Kier molecular flexibility index (Phi) is 10.9. The fourth-order valence-electron chi connectivity index (χ4n) is 2.80. The summed E-state index contributed by atoms with van der Waals surface area (Å²) in [6, 6.07) is 0. The highest BCUT2D eigenvalue weighted by Gasteiger charge is 2.29. The topological polar surface area (TPSA) is 63.6 Å². The van der Waals surface area contributed by atoms with Crippen molar-refractivity contribution in [1.82, 2.24) is 0 Å². The first-order chi connectivity index (χ1) is 11.7. The van der Waals surface area contributed by atoms with Crippen LogP contribution in [-0.4, -0.2) is 23.5 Å². The smallest absolute Gasteiger partial charge is 0.345 e. The highest BCUT2D eigenvalue weighted by atomic mass is 16.5. The van der Waals surface area contributed by atoms with Gasteiger partial charge < -0.3 is 9.84 Å². The van der Waals surface area contributed by atoms with Gasteiger partial charge in [-0.05, 0) is 32.1 Å². The van der Waals surface area contributed by atoms with E-state index in [0.29, 0.717) is 6.42 Å². The molecule has 0 spiro atoms. The van der Waals surface area contributed by atoms with E-state index in [0.717, 1.165) is 25.7 Å². The number of aliphatic hydroxyl groups is 1. The summed E-state index contributed by atoms with van der Waals surface area (Å²) in [6.45, 7) is 2.07. The van der Waals surface area contributed by atoms with Crippen LogP contribution < -0.4 is 0 Å². The molecule has 4 heteroatoms. The molecule has 1 rings (SSSR count). The number of carbonyl (C=O) groups excluding carboxylic acids is 2. The number of aliphatic hydroxyl groups excluding tert-OH is 1. The lowest BCUT2D eigenvalue weighted by Crippen LogP contribution is -2.10. The molecule has 0 unspecified atom stereocenters. The minimum atomic E-state index is -0.681. The first-order valence-electron chi connectivity index (χ1n) is 9.44. The fraction of sp³-hybridized carbons (Fsp3) is 0.700. The number of ether oxygens (including phenoxy) is 1. The molecule has 0 aromatic rings.